The van der Waals surface area contributed by atoms with Crippen LogP contribution in [0.15, 0.2) is 10.1 Å². The normalized spacial score (nSPS) is 16.4. The maximum absolute atomic E-state index is 3.85. The third kappa shape index (κ3) is 3.15. The van der Waals surface area contributed by atoms with E-state index >= 15 is 0 Å². The van der Waals surface area contributed by atoms with Gasteiger partial charge in [-0.25, -0.2) is 5.10 Å². The molecule has 0 unspecified atom stereocenters. The zero-order valence-corrected chi connectivity index (χ0v) is 12.4. The average molecular weight is 394 g/mol. The molecule has 0 spiro atoms. The van der Waals surface area contributed by atoms with Gasteiger partial charge in [0.15, 0.2) is 0 Å². The van der Waals surface area contributed by atoms with Crippen molar-refractivity contribution in [1.82, 2.24) is 10.3 Å². The molecule has 1 aliphatic heterocycles. The fourth-order valence-corrected chi connectivity index (χ4v) is 0.418. The molecular weight excluding hydrogens is 385 g/mol. The van der Waals surface area contributed by atoms with E-state index in [0.29, 0.717) is 0 Å². The van der Waals surface area contributed by atoms with Crippen molar-refractivity contribution in [1.29, 1.82) is 0 Å². The molecule has 10 heavy (non-hydrogen) atoms. The minimum atomic E-state index is 0. The molecule has 1 heterocycles. The largest absolute Gasteiger partial charge is 0.469 e. The van der Waals surface area contributed by atoms with Crippen molar-refractivity contribution in [2.24, 2.45) is 10.1 Å². The van der Waals surface area contributed by atoms with Crippen molar-refractivity contribution in [2.75, 3.05) is 19.8 Å². The maximum atomic E-state index is 3.85. The third-order valence-corrected chi connectivity index (χ3v) is 1.02. The van der Waals surface area contributed by atoms with Crippen LogP contribution in [0, 0.1) is 0 Å². The molecule has 1 aliphatic rings. The summed E-state index contributed by atoms with van der Waals surface area (Å²) in [5.74, 6) is 0. The van der Waals surface area contributed by atoms with Gasteiger partial charge in [0, 0.05) is 19.8 Å². The van der Waals surface area contributed by atoms with E-state index in [4.69, 9.17) is 0 Å². The van der Waals surface area contributed by atoms with E-state index in [1.807, 2.05) is 0 Å². The summed E-state index contributed by atoms with van der Waals surface area (Å²) in [4.78, 5) is 6.02. The second-order valence-corrected chi connectivity index (χ2v) is 1.80. The van der Waals surface area contributed by atoms with Crippen LogP contribution in [0.4, 0.5) is 0 Å². The SMILES string of the molecule is C=NN[C-]=NCN1CC1.[Hs]. The molecular formula is C5H9HsN4-. The van der Waals surface area contributed by atoms with Gasteiger partial charge in [0.05, 0.1) is 6.67 Å². The second-order valence-electron chi connectivity index (χ2n) is 1.80. The van der Waals surface area contributed by atoms with Crippen molar-refractivity contribution in [3.05, 3.63) is 0 Å². The number of hydrogen-bond acceptors (Lipinski definition) is 3. The first kappa shape index (κ1) is 8.10. The van der Waals surface area contributed by atoms with E-state index in [1.165, 1.54) is 0 Å². The molecule has 0 aromatic rings. The zero-order chi connectivity index (χ0) is 6.53. The summed E-state index contributed by atoms with van der Waals surface area (Å²) in [5, 5.41) is 3.33. The number of nitrogens with one attached hydrogen (secondary N) is 1. The fourth-order valence-electron chi connectivity index (χ4n) is 0.418. The molecule has 0 aliphatic carbocycles. The molecule has 0 aromatic carbocycles. The Morgan fingerprint density at radius 2 is 2.30 bits per heavy atom. The van der Waals surface area contributed by atoms with E-state index in [1.54, 1.807) is 0 Å². The molecule has 5 heteroatoms. The molecule has 1 N–H and O–H groups in total. The van der Waals surface area contributed by atoms with Gasteiger partial charge in [0.2, 0.25) is 0 Å². The number of nitrogens with zero attached hydrogens (tertiary/aromatic N) is 3. The number of hydrogen-bond donors (Lipinski definition) is 1. The van der Waals surface area contributed by atoms with Crippen LogP contribution < -0.4 is 5.43 Å². The number of hydrazone groups is 1. The van der Waals surface area contributed by atoms with Crippen LogP contribution in [-0.2, 0) is 0 Å². The Bertz CT molecular complexity index is 121. The van der Waals surface area contributed by atoms with Gasteiger partial charge in [-0.05, 0) is 0 Å². The van der Waals surface area contributed by atoms with Gasteiger partial charge in [-0.3, -0.25) is 11.2 Å². The molecule has 0 amide bonds. The van der Waals surface area contributed by atoms with Gasteiger partial charge in [-0.2, -0.15) is 0 Å². The average Bonchev–Trinajstić information content (AvgIpc) is 2.63. The van der Waals surface area contributed by atoms with Crippen LogP contribution in [-0.4, -0.2) is 37.7 Å². The first-order valence-corrected chi connectivity index (χ1v) is 2.78. The van der Waals surface area contributed by atoms with Gasteiger partial charge < -0.3 is 10.4 Å². The molecule has 52 valence electrons. The van der Waals surface area contributed by atoms with Crippen LogP contribution in [0.3, 0.4) is 0 Å². The second kappa shape index (κ2) is 4.03. The molecule has 0 aromatic heterocycles. The molecule has 1 saturated heterocycles. The van der Waals surface area contributed by atoms with Crippen LogP contribution in [0.5, 0.6) is 0 Å². The summed E-state index contributed by atoms with van der Waals surface area (Å²) in [5.41, 5.74) is 2.40. The Kier molecular flexibility index (Phi) is 3.26. The van der Waals surface area contributed by atoms with E-state index < -0.39 is 0 Å². The van der Waals surface area contributed by atoms with Crippen molar-refractivity contribution in [3.63, 3.8) is 0 Å². The summed E-state index contributed by atoms with van der Waals surface area (Å²) in [6.45, 7) is 6.24. The first-order valence-electron chi connectivity index (χ1n) is 2.78. The molecule has 0 bridgehead atoms. The van der Waals surface area contributed by atoms with Gasteiger partial charge in [-0.1, -0.05) is 0 Å². The van der Waals surface area contributed by atoms with Gasteiger partial charge >= 0.3 is 0 Å². The Hall–Kier alpha value is -1.90. The standard InChI is InChI=1S/C5H9N4.Hs/c1-6-8-4-7-5-9-2-3-9;/h1-3,5H2,(H,7,8);/q-1;. The zero-order valence-electron chi connectivity index (χ0n) is 5.88. The molecule has 1 fully saturated rings. The van der Waals surface area contributed by atoms with Gasteiger partial charge in [0.25, 0.3) is 0 Å². The summed E-state index contributed by atoms with van der Waals surface area (Å²) < 4.78 is 0. The van der Waals surface area contributed by atoms with Gasteiger partial charge in [0.1, 0.15) is 0 Å². The van der Waals surface area contributed by atoms with E-state index in [9.17, 15) is 0 Å². The molecule has 0 saturated carbocycles. The van der Waals surface area contributed by atoms with E-state index in [-0.39, 0.29) is 0 Å². The monoisotopic (exact) mass is 394 g/mol. The van der Waals surface area contributed by atoms with Crippen molar-refractivity contribution in [2.45, 2.75) is 0 Å². The topological polar surface area (TPSA) is 39.8 Å². The Morgan fingerprint density at radius 1 is 1.60 bits per heavy atom. The Balaban J connectivity index is 0.000000810. The summed E-state index contributed by atoms with van der Waals surface area (Å²) in [7, 11) is 0. The Morgan fingerprint density at radius 3 is 2.80 bits per heavy atom. The minimum absolute atomic E-state index is 0. The van der Waals surface area contributed by atoms with E-state index in [0.717, 1.165) is 19.8 Å². The van der Waals surface area contributed by atoms with Crippen molar-refractivity contribution >= 4 is 13.1 Å². The number of rotatable bonds is 4. The van der Waals surface area contributed by atoms with Crippen molar-refractivity contribution in [3.8, 4) is 0 Å². The smallest absolute Gasteiger partial charge is 0.0556 e. The molecule has 0 atom stereocenters. The minimum Gasteiger partial charge on any atom is -0.469 e. The van der Waals surface area contributed by atoms with Crippen LogP contribution >= 0.6 is 0 Å². The summed E-state index contributed by atoms with van der Waals surface area (Å²) in [6, 6.07) is 0. The quantitative estimate of drug-likeness (QED) is 0.172. The molecule has 1 rings (SSSR count). The molecule has 4 nitrogen and oxygen atoms in total. The van der Waals surface area contributed by atoms with Crippen LogP contribution in [0.2, 0.25) is 0 Å². The number of aliphatic imine (C=N–C) groups is 1. The maximum Gasteiger partial charge on any atom is 0.0556 e. The Labute approximate surface area is 54.3 Å². The van der Waals surface area contributed by atoms with Crippen molar-refractivity contribution < 1.29 is 0 Å². The van der Waals surface area contributed by atoms with Gasteiger partial charge in [-0.15, -0.1) is 0 Å². The predicted octanol–water partition coefficient (Wildman–Crippen LogP) is -0.630. The van der Waals surface area contributed by atoms with E-state index in [2.05, 4.69) is 33.5 Å². The summed E-state index contributed by atoms with van der Waals surface area (Å²) >= 11 is 0. The van der Waals surface area contributed by atoms with Crippen LogP contribution in [0.25, 0.3) is 0 Å². The van der Waals surface area contributed by atoms with Crippen LogP contribution in [0.1, 0.15) is 0 Å². The predicted molar refractivity (Wildman–Crippen MR) is 36.6 cm³/mol. The first-order chi connectivity index (χ1) is 4.43. The fraction of sp³-hybridized carbons (Fsp3) is 0.600. The summed E-state index contributed by atoms with van der Waals surface area (Å²) in [6.07, 6.45) is 2.51. The third-order valence-electron chi connectivity index (χ3n) is 1.02. The molecule has 0 radical (unpaired) electrons.